The van der Waals surface area contributed by atoms with Crippen molar-refractivity contribution in [3.8, 4) is 0 Å². The molecule has 0 heterocycles. The molecule has 4 aromatic rings. The van der Waals surface area contributed by atoms with Gasteiger partial charge in [0.1, 0.15) is 0 Å². The van der Waals surface area contributed by atoms with Crippen LogP contribution < -0.4 is 15.6 Å². The predicted molar refractivity (Wildman–Crippen MR) is 127 cm³/mol. The lowest BCUT2D eigenvalue weighted by atomic mass is 10.2. The molecule has 0 N–H and O–H groups in total. The van der Waals surface area contributed by atoms with Crippen LogP contribution in [-0.4, -0.2) is 8.07 Å². The van der Waals surface area contributed by atoms with E-state index in [1.54, 1.807) is 0 Å². The lowest BCUT2D eigenvalue weighted by Crippen LogP contribution is -2.66. The van der Waals surface area contributed by atoms with Crippen molar-refractivity contribution in [2.75, 3.05) is 0 Å². The summed E-state index contributed by atoms with van der Waals surface area (Å²) >= 11 is 3.53. The SMILES string of the molecule is Brc1ccc(C=C[Si](c2ccccc2)(c2ccccc2)c2ccccc2)cc1. The Morgan fingerprint density at radius 2 is 0.893 bits per heavy atom. The molecule has 0 spiro atoms. The summed E-state index contributed by atoms with van der Waals surface area (Å²) in [5.74, 6) is 0. The van der Waals surface area contributed by atoms with Gasteiger partial charge in [0.2, 0.25) is 0 Å². The fraction of sp³-hybridized carbons (Fsp3) is 0. The number of halogens is 1. The van der Waals surface area contributed by atoms with E-state index in [4.69, 9.17) is 0 Å². The Morgan fingerprint density at radius 1 is 0.500 bits per heavy atom. The smallest absolute Gasteiger partial charge is 0.0812 e. The molecule has 0 fully saturated rings. The first-order valence-corrected chi connectivity index (χ1v) is 12.3. The van der Waals surface area contributed by atoms with Gasteiger partial charge in [0.25, 0.3) is 0 Å². The normalized spacial score (nSPS) is 11.6. The molecule has 0 aromatic heterocycles. The Balaban J connectivity index is 1.97. The molecular weight excluding hydrogens is 420 g/mol. The van der Waals surface area contributed by atoms with Gasteiger partial charge in [-0.2, -0.15) is 0 Å². The zero-order valence-electron chi connectivity index (χ0n) is 15.5. The third-order valence-corrected chi connectivity index (χ3v) is 10.0. The third kappa shape index (κ3) is 3.80. The second-order valence-corrected chi connectivity index (χ2v) is 11.4. The summed E-state index contributed by atoms with van der Waals surface area (Å²) in [6, 6.07) is 41.3. The molecular formula is C26H21BrSi. The maximum Gasteiger partial charge on any atom is 0.172 e. The average molecular weight is 441 g/mol. The van der Waals surface area contributed by atoms with E-state index in [1.165, 1.54) is 21.1 Å². The summed E-state index contributed by atoms with van der Waals surface area (Å²) in [5, 5.41) is 4.17. The van der Waals surface area contributed by atoms with E-state index in [9.17, 15) is 0 Å². The molecule has 0 amide bonds. The van der Waals surface area contributed by atoms with Crippen LogP contribution >= 0.6 is 15.9 Å². The van der Waals surface area contributed by atoms with Crippen LogP contribution in [0.4, 0.5) is 0 Å². The maximum absolute atomic E-state index is 3.53. The number of benzene rings is 4. The molecule has 0 aliphatic heterocycles. The monoisotopic (exact) mass is 440 g/mol. The molecule has 4 aromatic carbocycles. The van der Waals surface area contributed by atoms with Gasteiger partial charge in [0.05, 0.1) is 0 Å². The summed E-state index contributed by atoms with van der Waals surface area (Å²) < 4.78 is 1.10. The van der Waals surface area contributed by atoms with Crippen molar-refractivity contribution in [3.63, 3.8) is 0 Å². The fourth-order valence-corrected chi connectivity index (χ4v) is 8.13. The Labute approximate surface area is 176 Å². The molecule has 0 radical (unpaired) electrons. The molecule has 0 aliphatic carbocycles. The van der Waals surface area contributed by atoms with Gasteiger partial charge in [-0.3, -0.25) is 0 Å². The van der Waals surface area contributed by atoms with E-state index >= 15 is 0 Å². The van der Waals surface area contributed by atoms with Crippen molar-refractivity contribution in [2.45, 2.75) is 0 Å². The topological polar surface area (TPSA) is 0 Å². The highest BCUT2D eigenvalue weighted by molar-refractivity contribution is 9.10. The average Bonchev–Trinajstić information content (AvgIpc) is 2.78. The second kappa shape index (κ2) is 8.55. The molecule has 0 unspecified atom stereocenters. The van der Waals surface area contributed by atoms with Crippen LogP contribution in [0.15, 0.2) is 125 Å². The number of hydrogen-bond acceptors (Lipinski definition) is 0. The molecule has 0 bridgehead atoms. The van der Waals surface area contributed by atoms with Crippen LogP contribution in [0.2, 0.25) is 0 Å². The highest BCUT2D eigenvalue weighted by Crippen LogP contribution is 2.15. The van der Waals surface area contributed by atoms with Gasteiger partial charge < -0.3 is 0 Å². The zero-order valence-corrected chi connectivity index (χ0v) is 18.1. The van der Waals surface area contributed by atoms with Crippen LogP contribution in [0.1, 0.15) is 5.56 Å². The van der Waals surface area contributed by atoms with Crippen LogP contribution in [0.5, 0.6) is 0 Å². The molecule has 136 valence electrons. The molecule has 0 saturated heterocycles. The van der Waals surface area contributed by atoms with Gasteiger partial charge in [-0.25, -0.2) is 0 Å². The van der Waals surface area contributed by atoms with Crippen molar-refractivity contribution in [2.24, 2.45) is 0 Å². The Hall–Kier alpha value is -2.68. The van der Waals surface area contributed by atoms with E-state index < -0.39 is 8.07 Å². The Bertz CT molecular complexity index is 943. The van der Waals surface area contributed by atoms with Crippen molar-refractivity contribution in [3.05, 3.63) is 131 Å². The summed E-state index contributed by atoms with van der Waals surface area (Å²) in [5.41, 5.74) is 3.68. The highest BCUT2D eigenvalue weighted by atomic mass is 79.9. The van der Waals surface area contributed by atoms with Gasteiger partial charge in [0.15, 0.2) is 8.07 Å². The first-order valence-electron chi connectivity index (χ1n) is 9.40. The summed E-state index contributed by atoms with van der Waals surface area (Å²) in [6.45, 7) is 0. The molecule has 28 heavy (non-hydrogen) atoms. The standard InChI is InChI=1S/C26H21BrSi/c27-23-18-16-22(17-19-23)20-21-28(24-10-4-1-5-11-24,25-12-6-2-7-13-25)26-14-8-3-9-15-26/h1-21H. The summed E-state index contributed by atoms with van der Waals surface area (Å²) in [7, 11) is -2.31. The van der Waals surface area contributed by atoms with E-state index in [2.05, 4.69) is 143 Å². The van der Waals surface area contributed by atoms with Gasteiger partial charge in [-0.15, -0.1) is 0 Å². The van der Waals surface area contributed by atoms with Crippen molar-refractivity contribution in [1.29, 1.82) is 0 Å². The Kier molecular flexibility index (Phi) is 5.70. The first kappa shape index (κ1) is 18.7. The van der Waals surface area contributed by atoms with E-state index in [0.29, 0.717) is 0 Å². The summed E-state index contributed by atoms with van der Waals surface area (Å²) in [4.78, 5) is 0. The molecule has 0 saturated carbocycles. The van der Waals surface area contributed by atoms with Crippen LogP contribution in [0.3, 0.4) is 0 Å². The van der Waals surface area contributed by atoms with Gasteiger partial charge >= 0.3 is 0 Å². The minimum absolute atomic E-state index is 1.10. The predicted octanol–water partition coefficient (Wildman–Crippen LogP) is 5.17. The van der Waals surface area contributed by atoms with E-state index in [0.717, 1.165) is 4.47 Å². The minimum Gasteiger partial charge on any atom is -0.0812 e. The van der Waals surface area contributed by atoms with E-state index in [1.807, 2.05) is 0 Å². The molecule has 2 heteroatoms. The van der Waals surface area contributed by atoms with Crippen molar-refractivity contribution < 1.29 is 0 Å². The van der Waals surface area contributed by atoms with Crippen LogP contribution in [-0.2, 0) is 0 Å². The zero-order chi connectivity index (χ0) is 19.2. The van der Waals surface area contributed by atoms with Gasteiger partial charge in [0, 0.05) is 4.47 Å². The van der Waals surface area contributed by atoms with E-state index in [-0.39, 0.29) is 0 Å². The highest BCUT2D eigenvalue weighted by Gasteiger charge is 2.36. The third-order valence-electron chi connectivity index (χ3n) is 5.08. The fourth-order valence-electron chi connectivity index (χ4n) is 3.69. The molecule has 0 aliphatic rings. The van der Waals surface area contributed by atoms with Crippen LogP contribution in [0.25, 0.3) is 6.08 Å². The molecule has 0 nitrogen and oxygen atoms in total. The summed E-state index contributed by atoms with van der Waals surface area (Å²) in [6.07, 6.45) is 2.28. The lowest BCUT2D eigenvalue weighted by Gasteiger charge is -2.30. The van der Waals surface area contributed by atoms with Crippen LogP contribution in [0, 0.1) is 0 Å². The lowest BCUT2D eigenvalue weighted by molar-refractivity contribution is 1.61. The number of rotatable bonds is 5. The quantitative estimate of drug-likeness (QED) is 0.296. The van der Waals surface area contributed by atoms with Crippen molar-refractivity contribution >= 4 is 45.6 Å². The molecule has 0 atom stereocenters. The number of hydrogen-bond donors (Lipinski definition) is 0. The maximum atomic E-state index is 3.53. The first-order chi connectivity index (χ1) is 13.8. The largest absolute Gasteiger partial charge is 0.172 e. The Morgan fingerprint density at radius 3 is 1.29 bits per heavy atom. The molecule has 4 rings (SSSR count). The van der Waals surface area contributed by atoms with Crippen molar-refractivity contribution in [1.82, 2.24) is 0 Å². The minimum atomic E-state index is -2.31. The van der Waals surface area contributed by atoms with Gasteiger partial charge in [-0.05, 0) is 33.3 Å². The second-order valence-electron chi connectivity index (χ2n) is 6.79. The van der Waals surface area contributed by atoms with Gasteiger partial charge in [-0.1, -0.05) is 131 Å².